The van der Waals surface area contributed by atoms with Crippen LogP contribution >= 0.6 is 23.2 Å². The van der Waals surface area contributed by atoms with Gasteiger partial charge in [0.1, 0.15) is 5.82 Å². The molecule has 7 heteroatoms. The highest BCUT2D eigenvalue weighted by molar-refractivity contribution is 6.33. The first-order valence-corrected chi connectivity index (χ1v) is 8.44. The predicted molar refractivity (Wildman–Crippen MR) is 102 cm³/mol. The van der Waals surface area contributed by atoms with Crippen LogP contribution in [0.1, 0.15) is 26.2 Å². The van der Waals surface area contributed by atoms with Crippen molar-refractivity contribution >= 4 is 40.4 Å². The molecule has 0 bridgehead atoms. The van der Waals surface area contributed by atoms with Gasteiger partial charge >= 0.3 is 0 Å². The van der Waals surface area contributed by atoms with Crippen molar-refractivity contribution in [3.05, 3.63) is 58.5 Å². The molecule has 1 aromatic heterocycles. The summed E-state index contributed by atoms with van der Waals surface area (Å²) in [6, 6.07) is 9.04. The van der Waals surface area contributed by atoms with Crippen LogP contribution in [0.15, 0.2) is 48.4 Å². The Kier molecular flexibility index (Phi) is 6.73. The van der Waals surface area contributed by atoms with Crippen LogP contribution in [0, 0.1) is 0 Å². The van der Waals surface area contributed by atoms with Crippen molar-refractivity contribution < 1.29 is 0 Å². The molecule has 0 fully saturated rings. The molecule has 24 heavy (non-hydrogen) atoms. The van der Waals surface area contributed by atoms with Gasteiger partial charge in [-0.1, -0.05) is 36.5 Å². The zero-order valence-electron chi connectivity index (χ0n) is 13.5. The molecule has 0 amide bonds. The van der Waals surface area contributed by atoms with Gasteiger partial charge < -0.3 is 11.1 Å². The van der Waals surface area contributed by atoms with Gasteiger partial charge in [-0.05, 0) is 43.2 Å². The average Bonchev–Trinajstić information content (AvgIpc) is 2.59. The Hall–Kier alpha value is -1.95. The van der Waals surface area contributed by atoms with E-state index in [0.717, 1.165) is 30.6 Å². The lowest BCUT2D eigenvalue weighted by atomic mass is 10.2. The minimum absolute atomic E-state index is 0.463. The summed E-state index contributed by atoms with van der Waals surface area (Å²) in [5.41, 5.74) is 8.02. The highest BCUT2D eigenvalue weighted by atomic mass is 35.5. The number of anilines is 3. The maximum Gasteiger partial charge on any atom is 0.149 e. The van der Waals surface area contributed by atoms with E-state index < -0.39 is 0 Å². The SMILES string of the molecule is CCCC/C(=C/N)N(N)c1cnc(Nc2ccc(Cl)cc2)c(Cl)c1. The minimum Gasteiger partial charge on any atom is -0.403 e. The quantitative estimate of drug-likeness (QED) is 0.484. The summed E-state index contributed by atoms with van der Waals surface area (Å²) in [4.78, 5) is 4.35. The van der Waals surface area contributed by atoms with E-state index in [2.05, 4.69) is 17.2 Å². The van der Waals surface area contributed by atoms with Crippen molar-refractivity contribution in [3.63, 3.8) is 0 Å². The van der Waals surface area contributed by atoms with Gasteiger partial charge in [-0.25, -0.2) is 10.8 Å². The number of aromatic nitrogens is 1. The first-order valence-electron chi connectivity index (χ1n) is 7.69. The van der Waals surface area contributed by atoms with Crippen LogP contribution in [0.25, 0.3) is 0 Å². The van der Waals surface area contributed by atoms with E-state index in [1.165, 1.54) is 11.2 Å². The molecule has 5 N–H and O–H groups in total. The summed E-state index contributed by atoms with van der Waals surface area (Å²) in [6.07, 6.45) is 6.04. The van der Waals surface area contributed by atoms with Gasteiger partial charge in [-0.15, -0.1) is 0 Å². The topological polar surface area (TPSA) is 80.2 Å². The number of halogens is 2. The van der Waals surface area contributed by atoms with Crippen molar-refractivity contribution in [2.24, 2.45) is 11.6 Å². The van der Waals surface area contributed by atoms with Gasteiger partial charge in [0.05, 0.1) is 22.6 Å². The summed E-state index contributed by atoms with van der Waals surface area (Å²) in [5, 5.41) is 5.79. The van der Waals surface area contributed by atoms with Crippen LogP contribution in [0.2, 0.25) is 10.0 Å². The van der Waals surface area contributed by atoms with Gasteiger partial charge in [0.2, 0.25) is 0 Å². The molecule has 0 spiro atoms. The number of unbranched alkanes of at least 4 members (excludes halogenated alkanes) is 1. The minimum atomic E-state index is 0.463. The molecule has 1 heterocycles. The summed E-state index contributed by atoms with van der Waals surface area (Å²) < 4.78 is 0. The molecule has 0 unspecified atom stereocenters. The summed E-state index contributed by atoms with van der Waals surface area (Å²) in [5.74, 6) is 6.67. The molecule has 0 saturated heterocycles. The van der Waals surface area contributed by atoms with Crippen LogP contribution in [0.3, 0.4) is 0 Å². The van der Waals surface area contributed by atoms with E-state index >= 15 is 0 Å². The number of rotatable bonds is 7. The van der Waals surface area contributed by atoms with E-state index in [1.807, 2.05) is 12.1 Å². The molecule has 0 radical (unpaired) electrons. The number of benzene rings is 1. The van der Waals surface area contributed by atoms with Crippen molar-refractivity contribution in [2.45, 2.75) is 26.2 Å². The van der Waals surface area contributed by atoms with Gasteiger partial charge in [0, 0.05) is 16.9 Å². The molecule has 128 valence electrons. The molecule has 5 nitrogen and oxygen atoms in total. The van der Waals surface area contributed by atoms with E-state index in [-0.39, 0.29) is 0 Å². The average molecular weight is 366 g/mol. The number of nitrogens with zero attached hydrogens (tertiary/aromatic N) is 2. The fourth-order valence-corrected chi connectivity index (χ4v) is 2.46. The van der Waals surface area contributed by atoms with Gasteiger partial charge in [-0.3, -0.25) is 5.01 Å². The Morgan fingerprint density at radius 3 is 2.58 bits per heavy atom. The lowest BCUT2D eigenvalue weighted by Gasteiger charge is -2.22. The fraction of sp³-hybridized carbons (Fsp3) is 0.235. The third-order valence-electron chi connectivity index (χ3n) is 3.50. The molecule has 0 saturated carbocycles. The standard InChI is InChI=1S/C17H21Cl2N5/c1-2-3-4-14(10-20)24(21)15-9-16(19)17(22-11-15)23-13-7-5-12(18)6-8-13/h5-11H,2-4,20-21H2,1H3,(H,22,23)/b14-10-. The number of hydrogen-bond donors (Lipinski definition) is 3. The molecule has 0 aliphatic heterocycles. The number of hydrazine groups is 1. The number of nitrogens with two attached hydrogens (primary N) is 2. The second-order valence-electron chi connectivity index (χ2n) is 5.29. The molecular formula is C17H21Cl2N5. The van der Waals surface area contributed by atoms with Crippen LogP contribution < -0.4 is 21.9 Å². The molecule has 1 aromatic carbocycles. The third-order valence-corrected chi connectivity index (χ3v) is 4.04. The number of hydrogen-bond acceptors (Lipinski definition) is 5. The maximum atomic E-state index is 6.32. The fourth-order valence-electron chi connectivity index (χ4n) is 2.13. The lowest BCUT2D eigenvalue weighted by molar-refractivity contribution is 0.753. The normalized spacial score (nSPS) is 11.4. The number of pyridine rings is 1. The molecule has 2 aromatic rings. The van der Waals surface area contributed by atoms with Crippen molar-refractivity contribution in [1.82, 2.24) is 4.98 Å². The summed E-state index contributed by atoms with van der Waals surface area (Å²) in [6.45, 7) is 2.12. The Morgan fingerprint density at radius 1 is 1.29 bits per heavy atom. The molecule has 0 aliphatic rings. The lowest BCUT2D eigenvalue weighted by Crippen LogP contribution is -2.30. The Bertz CT molecular complexity index is 701. The van der Waals surface area contributed by atoms with Crippen molar-refractivity contribution in [2.75, 3.05) is 10.3 Å². The summed E-state index contributed by atoms with van der Waals surface area (Å²) >= 11 is 12.2. The van der Waals surface area contributed by atoms with E-state index in [4.69, 9.17) is 34.8 Å². The van der Waals surface area contributed by atoms with Gasteiger partial charge in [-0.2, -0.15) is 0 Å². The van der Waals surface area contributed by atoms with Gasteiger partial charge in [0.25, 0.3) is 0 Å². The van der Waals surface area contributed by atoms with E-state index in [9.17, 15) is 0 Å². The van der Waals surface area contributed by atoms with Crippen LogP contribution in [0.5, 0.6) is 0 Å². The molecular weight excluding hydrogens is 345 g/mol. The van der Waals surface area contributed by atoms with Crippen LogP contribution in [0.4, 0.5) is 17.2 Å². The Labute approximate surface area is 152 Å². The van der Waals surface area contributed by atoms with Gasteiger partial charge in [0.15, 0.2) is 0 Å². The number of allylic oxidation sites excluding steroid dienone is 1. The molecule has 2 rings (SSSR count). The second kappa shape index (κ2) is 8.78. The first-order chi connectivity index (χ1) is 11.5. The summed E-state index contributed by atoms with van der Waals surface area (Å²) in [7, 11) is 0. The largest absolute Gasteiger partial charge is 0.403 e. The monoisotopic (exact) mass is 365 g/mol. The molecule has 0 atom stereocenters. The highest BCUT2D eigenvalue weighted by Gasteiger charge is 2.11. The zero-order chi connectivity index (χ0) is 17.5. The van der Waals surface area contributed by atoms with Crippen molar-refractivity contribution in [3.8, 4) is 0 Å². The van der Waals surface area contributed by atoms with E-state index in [1.54, 1.807) is 24.4 Å². The highest BCUT2D eigenvalue weighted by Crippen LogP contribution is 2.28. The van der Waals surface area contributed by atoms with Crippen LogP contribution in [-0.4, -0.2) is 4.98 Å². The number of nitrogens with one attached hydrogen (secondary N) is 1. The van der Waals surface area contributed by atoms with E-state index in [0.29, 0.717) is 21.6 Å². The van der Waals surface area contributed by atoms with Crippen molar-refractivity contribution in [1.29, 1.82) is 0 Å². The Balaban J connectivity index is 2.15. The Morgan fingerprint density at radius 2 is 2.00 bits per heavy atom. The maximum absolute atomic E-state index is 6.32. The smallest absolute Gasteiger partial charge is 0.149 e. The molecule has 0 aliphatic carbocycles. The third kappa shape index (κ3) is 4.77. The predicted octanol–water partition coefficient (Wildman–Crippen LogP) is 4.80. The second-order valence-corrected chi connectivity index (χ2v) is 6.13. The zero-order valence-corrected chi connectivity index (χ0v) is 15.0. The first kappa shape index (κ1) is 18.4. The van der Waals surface area contributed by atoms with Crippen LogP contribution in [-0.2, 0) is 0 Å².